The Morgan fingerprint density at radius 2 is 1.70 bits per heavy atom. The van der Waals surface area contributed by atoms with Crippen LogP contribution in [-0.4, -0.2) is 45.8 Å². The first-order valence-corrected chi connectivity index (χ1v) is 16.2. The Morgan fingerprint density at radius 1 is 0.957 bits per heavy atom. The van der Waals surface area contributed by atoms with Crippen molar-refractivity contribution in [3.8, 4) is 0 Å². The van der Waals surface area contributed by atoms with Gasteiger partial charge < -0.3 is 15.2 Å². The number of aromatic amines is 1. The number of H-pyrrole nitrogens is 1. The summed E-state index contributed by atoms with van der Waals surface area (Å²) in [5.41, 5.74) is 8.71. The number of anilines is 1. The number of hydrogen-bond acceptors (Lipinski definition) is 5. The molecule has 4 aromatic carbocycles. The van der Waals surface area contributed by atoms with Crippen molar-refractivity contribution in [1.29, 1.82) is 0 Å². The van der Waals surface area contributed by atoms with Crippen LogP contribution in [0.25, 0.3) is 11.0 Å². The average molecular weight is 613 g/mol. The van der Waals surface area contributed by atoms with E-state index in [1.54, 1.807) is 6.92 Å². The molecule has 2 N–H and O–H groups in total. The molecule has 1 amide bonds. The first-order chi connectivity index (χ1) is 22.4. The molecule has 5 aromatic rings. The van der Waals surface area contributed by atoms with Crippen LogP contribution in [0.5, 0.6) is 0 Å². The highest BCUT2D eigenvalue weighted by Crippen LogP contribution is 2.34. The molecule has 8 nitrogen and oxygen atoms in total. The molecule has 2 aliphatic rings. The zero-order valence-electron chi connectivity index (χ0n) is 26.4. The number of carbonyl (C=O) groups excluding carboxylic acids is 1. The molecule has 0 spiro atoms. The van der Waals surface area contributed by atoms with Gasteiger partial charge in [0.1, 0.15) is 5.84 Å². The van der Waals surface area contributed by atoms with E-state index < -0.39 is 0 Å². The quantitative estimate of drug-likeness (QED) is 0.209. The van der Waals surface area contributed by atoms with Gasteiger partial charge in [0.15, 0.2) is 0 Å². The molecular formula is C38H40N6O2. The Balaban J connectivity index is 1.07. The number of rotatable bonds is 8. The second-order valence-electron chi connectivity index (χ2n) is 12.6. The smallest absolute Gasteiger partial charge is 0.326 e. The van der Waals surface area contributed by atoms with E-state index in [0.717, 1.165) is 72.8 Å². The number of amidine groups is 1. The molecule has 7 rings (SSSR count). The maximum absolute atomic E-state index is 12.7. The second-order valence-corrected chi connectivity index (χ2v) is 12.6. The minimum atomic E-state index is -0.00985. The molecule has 0 aliphatic carbocycles. The predicted molar refractivity (Wildman–Crippen MR) is 185 cm³/mol. The third-order valence-corrected chi connectivity index (χ3v) is 9.37. The molecule has 234 valence electrons. The number of para-hydroxylation sites is 3. The lowest BCUT2D eigenvalue weighted by molar-refractivity contribution is -0.119. The zero-order valence-corrected chi connectivity index (χ0v) is 26.4. The summed E-state index contributed by atoms with van der Waals surface area (Å²) >= 11 is 0. The summed E-state index contributed by atoms with van der Waals surface area (Å²) in [6.07, 6.45) is 1.91. The lowest BCUT2D eigenvalue weighted by Gasteiger charge is -2.33. The monoisotopic (exact) mass is 612 g/mol. The summed E-state index contributed by atoms with van der Waals surface area (Å²) in [7, 11) is 0. The van der Waals surface area contributed by atoms with Gasteiger partial charge in [-0.05, 0) is 65.8 Å². The standard InChI is InChI=1S/C38H40N6O2/c1-26(23-39-27(2)45)30-16-17-34-31(22-30)25-43(32-8-4-3-5-9-32)37(40-34)29-14-12-28(13-15-29)24-42-20-18-33(19-21-42)44-36-11-7-6-10-35(36)41-38(44)46/h3-17,22,26,33H,18-21,23-25H2,1-2H3,(H,39,45)(H,41,46). The number of benzene rings is 4. The van der Waals surface area contributed by atoms with Crippen LogP contribution < -0.4 is 15.9 Å². The van der Waals surface area contributed by atoms with Gasteiger partial charge in [0.2, 0.25) is 5.91 Å². The number of carbonyl (C=O) groups is 1. The highest BCUT2D eigenvalue weighted by Gasteiger charge is 2.25. The number of likely N-dealkylation sites (tertiary alicyclic amines) is 1. The van der Waals surface area contributed by atoms with Crippen molar-refractivity contribution in [3.05, 3.63) is 130 Å². The maximum Gasteiger partial charge on any atom is 0.326 e. The summed E-state index contributed by atoms with van der Waals surface area (Å²) in [5.74, 6) is 1.14. The van der Waals surface area contributed by atoms with E-state index in [4.69, 9.17) is 4.99 Å². The van der Waals surface area contributed by atoms with Crippen LogP contribution in [0.1, 0.15) is 60.9 Å². The first-order valence-electron chi connectivity index (χ1n) is 16.2. The van der Waals surface area contributed by atoms with E-state index in [-0.39, 0.29) is 23.6 Å². The molecule has 1 unspecified atom stereocenters. The van der Waals surface area contributed by atoms with Crippen molar-refractivity contribution in [1.82, 2.24) is 19.8 Å². The van der Waals surface area contributed by atoms with Crippen LogP contribution in [-0.2, 0) is 17.9 Å². The van der Waals surface area contributed by atoms with E-state index in [1.807, 2.05) is 34.9 Å². The number of fused-ring (bicyclic) bond motifs is 2. The highest BCUT2D eigenvalue weighted by molar-refractivity contribution is 6.12. The lowest BCUT2D eigenvalue weighted by Crippen LogP contribution is -2.36. The molecule has 46 heavy (non-hydrogen) atoms. The first kappa shape index (κ1) is 29.7. The summed E-state index contributed by atoms with van der Waals surface area (Å²) in [5, 5.41) is 2.94. The van der Waals surface area contributed by atoms with Crippen molar-refractivity contribution < 1.29 is 4.79 Å². The number of hydrogen-bond donors (Lipinski definition) is 2. The summed E-state index contributed by atoms with van der Waals surface area (Å²) < 4.78 is 1.95. The molecule has 0 radical (unpaired) electrons. The third-order valence-electron chi connectivity index (χ3n) is 9.37. The SMILES string of the molecule is CC(=O)NCC(C)c1ccc2c(c1)CN(c1ccccc1)C(c1ccc(CN3CCC(n4c(=O)[nH]c5ccccc54)CC3)cc1)=N2. The topological polar surface area (TPSA) is 85.7 Å². The summed E-state index contributed by atoms with van der Waals surface area (Å²) in [6, 6.07) is 33.9. The Morgan fingerprint density at radius 3 is 2.46 bits per heavy atom. The van der Waals surface area contributed by atoms with Gasteiger partial charge in [0.25, 0.3) is 0 Å². The number of imidazole rings is 1. The normalized spacial score (nSPS) is 16.2. The number of amides is 1. The fourth-order valence-electron chi connectivity index (χ4n) is 6.81. The van der Waals surface area contributed by atoms with E-state index >= 15 is 0 Å². The molecule has 0 saturated carbocycles. The minimum absolute atomic E-state index is 0.00926. The Bertz CT molecular complexity index is 1930. The van der Waals surface area contributed by atoms with Crippen LogP contribution in [0.3, 0.4) is 0 Å². The van der Waals surface area contributed by atoms with Crippen LogP contribution in [0.15, 0.2) is 107 Å². The minimum Gasteiger partial charge on any atom is -0.356 e. The summed E-state index contributed by atoms with van der Waals surface area (Å²) in [4.78, 5) is 37.1. The molecule has 1 fully saturated rings. The van der Waals surface area contributed by atoms with Gasteiger partial charge in [-0.3, -0.25) is 14.3 Å². The van der Waals surface area contributed by atoms with Gasteiger partial charge in [-0.15, -0.1) is 0 Å². The molecule has 3 heterocycles. The molecule has 1 aromatic heterocycles. The van der Waals surface area contributed by atoms with Crippen molar-refractivity contribution in [2.24, 2.45) is 4.99 Å². The predicted octanol–water partition coefficient (Wildman–Crippen LogP) is 6.50. The molecule has 0 bridgehead atoms. The van der Waals surface area contributed by atoms with Gasteiger partial charge >= 0.3 is 5.69 Å². The number of aromatic nitrogens is 2. The van der Waals surface area contributed by atoms with Gasteiger partial charge in [-0.25, -0.2) is 9.79 Å². The van der Waals surface area contributed by atoms with Gasteiger partial charge in [0, 0.05) is 50.4 Å². The van der Waals surface area contributed by atoms with Crippen molar-refractivity contribution in [2.75, 3.05) is 24.5 Å². The molecular weight excluding hydrogens is 572 g/mol. The lowest BCUT2D eigenvalue weighted by atomic mass is 9.96. The zero-order chi connectivity index (χ0) is 31.6. The van der Waals surface area contributed by atoms with Gasteiger partial charge in [-0.2, -0.15) is 0 Å². The van der Waals surface area contributed by atoms with Crippen LogP contribution in [0, 0.1) is 0 Å². The third kappa shape index (κ3) is 6.13. The number of piperidine rings is 1. The van der Waals surface area contributed by atoms with E-state index in [2.05, 4.69) is 93.8 Å². The molecule has 1 saturated heterocycles. The molecule has 2 aliphatic heterocycles. The van der Waals surface area contributed by atoms with Gasteiger partial charge in [-0.1, -0.05) is 73.7 Å². The fourth-order valence-corrected chi connectivity index (χ4v) is 6.81. The highest BCUT2D eigenvalue weighted by atomic mass is 16.1. The second kappa shape index (κ2) is 12.8. The number of aliphatic imine (C=N–C) groups is 1. The fraction of sp³-hybridized carbons (Fsp3) is 0.289. The van der Waals surface area contributed by atoms with Crippen molar-refractivity contribution in [3.63, 3.8) is 0 Å². The van der Waals surface area contributed by atoms with E-state index in [0.29, 0.717) is 6.54 Å². The largest absolute Gasteiger partial charge is 0.356 e. The van der Waals surface area contributed by atoms with Crippen LogP contribution >= 0.6 is 0 Å². The molecule has 1 atom stereocenters. The van der Waals surface area contributed by atoms with Crippen molar-refractivity contribution >= 4 is 34.2 Å². The van der Waals surface area contributed by atoms with E-state index in [1.165, 1.54) is 16.7 Å². The van der Waals surface area contributed by atoms with Crippen LogP contribution in [0.2, 0.25) is 0 Å². The summed E-state index contributed by atoms with van der Waals surface area (Å²) in [6.45, 7) is 7.81. The maximum atomic E-state index is 12.7. The van der Waals surface area contributed by atoms with Crippen LogP contribution in [0.4, 0.5) is 11.4 Å². The van der Waals surface area contributed by atoms with Crippen molar-refractivity contribution in [2.45, 2.75) is 51.7 Å². The Labute approximate surface area is 269 Å². The Hall–Kier alpha value is -4.95. The van der Waals surface area contributed by atoms with E-state index in [9.17, 15) is 9.59 Å². The number of nitrogens with one attached hydrogen (secondary N) is 2. The number of nitrogens with zero attached hydrogens (tertiary/aromatic N) is 4. The van der Waals surface area contributed by atoms with Gasteiger partial charge in [0.05, 0.1) is 23.3 Å². The Kier molecular flexibility index (Phi) is 8.28. The average Bonchev–Trinajstić information content (AvgIpc) is 3.43. The molecule has 8 heteroatoms.